The minimum absolute atomic E-state index is 0.0686. The number of thioether (sulfide) groups is 1. The van der Waals surface area contributed by atoms with Crippen LogP contribution >= 0.6 is 11.8 Å². The maximum absolute atomic E-state index is 13.5. The van der Waals surface area contributed by atoms with Crippen molar-refractivity contribution in [3.8, 4) is 0 Å². The molecule has 0 radical (unpaired) electrons. The van der Waals surface area contributed by atoms with E-state index in [1.54, 1.807) is 17.0 Å². The van der Waals surface area contributed by atoms with Gasteiger partial charge in [-0.3, -0.25) is 9.59 Å². The van der Waals surface area contributed by atoms with Gasteiger partial charge in [0.2, 0.25) is 11.0 Å². The van der Waals surface area contributed by atoms with Crippen molar-refractivity contribution < 1.29 is 19.5 Å². The smallest absolute Gasteiger partial charge is 0.326 e. The van der Waals surface area contributed by atoms with E-state index in [9.17, 15) is 19.5 Å². The summed E-state index contributed by atoms with van der Waals surface area (Å²) in [7, 11) is 0. The second kappa shape index (κ2) is 8.41. The number of nitrogens with zero attached hydrogens (tertiary/aromatic N) is 1. The number of benzene rings is 2. The normalized spacial score (nSPS) is 23.7. The largest absolute Gasteiger partial charge is 0.480 e. The number of carbonyl (C=O) groups excluding carboxylic acids is 2. The summed E-state index contributed by atoms with van der Waals surface area (Å²) in [6, 6.07) is 15.9. The highest BCUT2D eigenvalue weighted by Crippen LogP contribution is 2.41. The SMILES string of the molecule is O=C(SC[C@H]1Cc2ccccc2[C@H]2CCC[C@@H](C(=O)O)N2C1=O)c1ccccc1. The highest BCUT2D eigenvalue weighted by molar-refractivity contribution is 8.14. The van der Waals surface area contributed by atoms with Crippen LogP contribution in [-0.4, -0.2) is 38.8 Å². The second-order valence-corrected chi connectivity index (χ2v) is 8.60. The van der Waals surface area contributed by atoms with Crippen LogP contribution in [0, 0.1) is 5.92 Å². The summed E-state index contributed by atoms with van der Waals surface area (Å²) >= 11 is 1.14. The Kier molecular flexibility index (Phi) is 5.72. The van der Waals surface area contributed by atoms with Gasteiger partial charge in [-0.15, -0.1) is 0 Å². The van der Waals surface area contributed by atoms with E-state index in [4.69, 9.17) is 0 Å². The van der Waals surface area contributed by atoms with Crippen LogP contribution in [0.25, 0.3) is 0 Å². The first kappa shape index (κ1) is 19.7. The molecular weight excluding hydrogens is 386 g/mol. The highest BCUT2D eigenvalue weighted by atomic mass is 32.2. The molecule has 0 aliphatic carbocycles. The van der Waals surface area contributed by atoms with Crippen molar-refractivity contribution in [2.45, 2.75) is 37.8 Å². The van der Waals surface area contributed by atoms with Gasteiger partial charge in [0.1, 0.15) is 6.04 Å². The Bertz CT molecular complexity index is 929. The van der Waals surface area contributed by atoms with E-state index in [-0.39, 0.29) is 17.1 Å². The van der Waals surface area contributed by atoms with Gasteiger partial charge in [-0.05, 0) is 36.8 Å². The third-order valence-corrected chi connectivity index (χ3v) is 6.89. The van der Waals surface area contributed by atoms with Crippen LogP contribution in [0.2, 0.25) is 0 Å². The summed E-state index contributed by atoms with van der Waals surface area (Å²) in [5, 5.41) is 9.67. The van der Waals surface area contributed by atoms with Crippen molar-refractivity contribution in [2.75, 3.05) is 5.75 Å². The maximum atomic E-state index is 13.5. The molecule has 0 bridgehead atoms. The van der Waals surface area contributed by atoms with E-state index >= 15 is 0 Å². The van der Waals surface area contributed by atoms with Crippen molar-refractivity contribution in [1.82, 2.24) is 4.90 Å². The topological polar surface area (TPSA) is 74.7 Å². The van der Waals surface area contributed by atoms with Crippen molar-refractivity contribution >= 4 is 28.8 Å². The zero-order valence-electron chi connectivity index (χ0n) is 16.0. The Morgan fingerprint density at radius 1 is 1.03 bits per heavy atom. The lowest BCUT2D eigenvalue weighted by molar-refractivity contribution is -0.156. The van der Waals surface area contributed by atoms with Gasteiger partial charge in [0.05, 0.1) is 12.0 Å². The predicted octanol–water partition coefficient (Wildman–Crippen LogP) is 3.94. The molecule has 2 aromatic rings. The van der Waals surface area contributed by atoms with Crippen LogP contribution < -0.4 is 0 Å². The summed E-state index contributed by atoms with van der Waals surface area (Å²) < 4.78 is 0. The Labute approximate surface area is 174 Å². The standard InChI is InChI=1S/C23H23NO4S/c25-21-17(14-29-23(28)15-7-2-1-3-8-15)13-16-9-4-5-10-18(16)19-11-6-12-20(22(26)27)24(19)21/h1-5,7-10,17,19-20H,6,11-14H2,(H,26,27)/t17-,19-,20+/m1/s1. The van der Waals surface area contributed by atoms with Crippen LogP contribution in [0.5, 0.6) is 0 Å². The second-order valence-electron chi connectivity index (χ2n) is 7.61. The Hall–Kier alpha value is -2.60. The van der Waals surface area contributed by atoms with Gasteiger partial charge in [0.15, 0.2) is 0 Å². The van der Waals surface area contributed by atoms with E-state index in [1.807, 2.05) is 42.5 Å². The number of fused-ring (bicyclic) bond motifs is 3. The highest BCUT2D eigenvalue weighted by Gasteiger charge is 2.44. The van der Waals surface area contributed by atoms with Gasteiger partial charge < -0.3 is 10.0 Å². The Morgan fingerprint density at radius 3 is 2.52 bits per heavy atom. The fourth-order valence-electron chi connectivity index (χ4n) is 4.43. The van der Waals surface area contributed by atoms with Crippen LogP contribution in [0.3, 0.4) is 0 Å². The predicted molar refractivity (Wildman–Crippen MR) is 112 cm³/mol. The quantitative estimate of drug-likeness (QED) is 0.828. The number of hydrogen-bond donors (Lipinski definition) is 1. The molecular formula is C23H23NO4S. The zero-order chi connectivity index (χ0) is 20.4. The Morgan fingerprint density at radius 2 is 1.76 bits per heavy atom. The van der Waals surface area contributed by atoms with Crippen molar-refractivity contribution in [2.24, 2.45) is 5.92 Å². The summed E-state index contributed by atoms with van der Waals surface area (Å²) in [5.41, 5.74) is 2.74. The first-order valence-electron chi connectivity index (χ1n) is 9.91. The fourth-order valence-corrected chi connectivity index (χ4v) is 5.34. The van der Waals surface area contributed by atoms with Crippen LogP contribution in [-0.2, 0) is 16.0 Å². The minimum Gasteiger partial charge on any atom is -0.480 e. The number of aliphatic carboxylic acids is 1. The lowest BCUT2D eigenvalue weighted by atomic mass is 9.89. The molecule has 1 amide bonds. The van der Waals surface area contributed by atoms with Crippen LogP contribution in [0.1, 0.15) is 46.8 Å². The molecule has 2 aromatic carbocycles. The monoisotopic (exact) mass is 409 g/mol. The molecule has 2 heterocycles. The van der Waals surface area contributed by atoms with E-state index in [2.05, 4.69) is 0 Å². The van der Waals surface area contributed by atoms with E-state index in [0.29, 0.717) is 24.2 Å². The fraction of sp³-hybridized carbons (Fsp3) is 0.348. The lowest BCUT2D eigenvalue weighted by Gasteiger charge is -2.40. The molecule has 150 valence electrons. The van der Waals surface area contributed by atoms with Crippen LogP contribution in [0.15, 0.2) is 54.6 Å². The number of hydrogen-bond acceptors (Lipinski definition) is 4. The van der Waals surface area contributed by atoms with E-state index in [1.165, 1.54) is 0 Å². The van der Waals surface area contributed by atoms with E-state index < -0.39 is 17.9 Å². The zero-order valence-corrected chi connectivity index (χ0v) is 16.8. The lowest BCUT2D eigenvalue weighted by Crippen LogP contribution is -2.51. The molecule has 5 nitrogen and oxygen atoms in total. The maximum Gasteiger partial charge on any atom is 0.326 e. The average Bonchev–Trinajstić information content (AvgIpc) is 2.87. The number of rotatable bonds is 4. The molecule has 3 atom stereocenters. The van der Waals surface area contributed by atoms with Crippen molar-refractivity contribution in [3.63, 3.8) is 0 Å². The third-order valence-electron chi connectivity index (χ3n) is 5.82. The van der Waals surface area contributed by atoms with Gasteiger partial charge in [-0.2, -0.15) is 0 Å². The van der Waals surface area contributed by atoms with Gasteiger partial charge in [0.25, 0.3) is 0 Å². The van der Waals surface area contributed by atoms with Gasteiger partial charge >= 0.3 is 5.97 Å². The number of piperidine rings is 1. The molecule has 0 saturated carbocycles. The first-order chi connectivity index (χ1) is 14.1. The summed E-state index contributed by atoms with van der Waals surface area (Å²) in [4.78, 5) is 39.5. The Balaban J connectivity index is 1.62. The molecule has 6 heteroatoms. The number of amides is 1. The number of carboxylic acids is 1. The molecule has 1 fully saturated rings. The molecule has 29 heavy (non-hydrogen) atoms. The van der Waals surface area contributed by atoms with E-state index in [0.717, 1.165) is 35.7 Å². The van der Waals surface area contributed by atoms with Gasteiger partial charge in [-0.25, -0.2) is 4.79 Å². The molecule has 4 rings (SSSR count). The molecule has 2 aliphatic rings. The van der Waals surface area contributed by atoms with Crippen molar-refractivity contribution in [3.05, 3.63) is 71.3 Å². The molecule has 0 aromatic heterocycles. The summed E-state index contributed by atoms with van der Waals surface area (Å²) in [5.74, 6) is -1.17. The molecule has 2 aliphatic heterocycles. The summed E-state index contributed by atoms with van der Waals surface area (Å²) in [6.45, 7) is 0. The first-order valence-corrected chi connectivity index (χ1v) is 10.9. The molecule has 1 N–H and O–H groups in total. The van der Waals surface area contributed by atoms with Crippen LogP contribution in [0.4, 0.5) is 0 Å². The third kappa shape index (κ3) is 3.94. The number of carbonyl (C=O) groups is 3. The molecule has 1 saturated heterocycles. The summed E-state index contributed by atoms with van der Waals surface area (Å²) in [6.07, 6.45) is 2.56. The number of carboxylic acid groups (broad SMARTS) is 1. The van der Waals surface area contributed by atoms with Gasteiger partial charge in [-0.1, -0.05) is 66.4 Å². The van der Waals surface area contributed by atoms with Gasteiger partial charge in [0, 0.05) is 11.3 Å². The molecule has 0 unspecified atom stereocenters. The molecule has 0 spiro atoms. The minimum atomic E-state index is -0.950. The average molecular weight is 410 g/mol. The van der Waals surface area contributed by atoms with Crippen molar-refractivity contribution in [1.29, 1.82) is 0 Å².